The first-order valence-corrected chi connectivity index (χ1v) is 9.28. The largest absolute Gasteiger partial charge is 0.339 e. The number of piperazine rings is 1. The van der Waals surface area contributed by atoms with Crippen molar-refractivity contribution in [2.45, 2.75) is 38.8 Å². The van der Waals surface area contributed by atoms with Gasteiger partial charge in [-0.25, -0.2) is 0 Å². The molecule has 1 aromatic heterocycles. The van der Waals surface area contributed by atoms with Gasteiger partial charge in [0.2, 0.25) is 5.91 Å². The van der Waals surface area contributed by atoms with Gasteiger partial charge in [0.15, 0.2) is 0 Å². The van der Waals surface area contributed by atoms with Crippen LogP contribution in [0.1, 0.15) is 23.2 Å². The van der Waals surface area contributed by atoms with Gasteiger partial charge in [0.25, 0.3) is 0 Å². The summed E-state index contributed by atoms with van der Waals surface area (Å²) in [4.78, 5) is 17.1. The van der Waals surface area contributed by atoms with Crippen molar-refractivity contribution in [2.24, 2.45) is 0 Å². The van der Waals surface area contributed by atoms with Crippen molar-refractivity contribution in [1.29, 1.82) is 0 Å². The van der Waals surface area contributed by atoms with Crippen LogP contribution in [0.5, 0.6) is 0 Å². The Balaban J connectivity index is 1.31. The summed E-state index contributed by atoms with van der Waals surface area (Å²) in [6.07, 6.45) is 5.31. The molecular weight excluding hydrogens is 312 g/mol. The van der Waals surface area contributed by atoms with E-state index in [1.165, 1.54) is 24.0 Å². The summed E-state index contributed by atoms with van der Waals surface area (Å²) in [5.41, 5.74) is 4.06. The zero-order valence-corrected chi connectivity index (χ0v) is 14.9. The van der Waals surface area contributed by atoms with E-state index in [1.807, 2.05) is 17.9 Å². The van der Waals surface area contributed by atoms with Gasteiger partial charge in [-0.15, -0.1) is 0 Å². The molecule has 1 aromatic carbocycles. The predicted molar refractivity (Wildman–Crippen MR) is 97.4 cm³/mol. The molecular formula is C20H26N4O. The first-order valence-electron chi connectivity index (χ1n) is 9.28. The lowest BCUT2D eigenvalue weighted by molar-refractivity contribution is -0.134. The van der Waals surface area contributed by atoms with E-state index in [2.05, 4.69) is 34.3 Å². The van der Waals surface area contributed by atoms with E-state index in [4.69, 9.17) is 0 Å². The molecule has 0 N–H and O–H groups in total. The maximum Gasteiger partial charge on any atom is 0.244 e. The fourth-order valence-electron chi connectivity index (χ4n) is 4.12. The van der Waals surface area contributed by atoms with Crippen molar-refractivity contribution in [3.05, 3.63) is 53.3 Å². The molecule has 1 amide bonds. The summed E-state index contributed by atoms with van der Waals surface area (Å²) in [5.74, 6) is 0.181. The van der Waals surface area contributed by atoms with Gasteiger partial charge in [0.05, 0.1) is 0 Å². The molecule has 2 aromatic rings. The van der Waals surface area contributed by atoms with Crippen molar-refractivity contribution in [3.63, 3.8) is 0 Å². The molecule has 4 rings (SSSR count). The van der Waals surface area contributed by atoms with Gasteiger partial charge in [0.1, 0.15) is 6.54 Å². The molecule has 1 fully saturated rings. The third-order valence-electron chi connectivity index (χ3n) is 5.72. The number of fused-ring (bicyclic) bond motifs is 1. The van der Waals surface area contributed by atoms with E-state index in [1.54, 1.807) is 10.9 Å². The SMILES string of the molecule is Cc1ccnn1CC(=O)N1CCN([C@H]2CCc3ccccc3C2)CC1. The van der Waals surface area contributed by atoms with Crippen molar-refractivity contribution < 1.29 is 4.79 Å². The van der Waals surface area contributed by atoms with Crippen LogP contribution in [-0.4, -0.2) is 57.7 Å². The smallest absolute Gasteiger partial charge is 0.244 e. The van der Waals surface area contributed by atoms with Crippen molar-refractivity contribution in [2.75, 3.05) is 26.2 Å². The number of benzene rings is 1. The predicted octanol–water partition coefficient (Wildman–Crippen LogP) is 1.89. The van der Waals surface area contributed by atoms with Crippen molar-refractivity contribution in [1.82, 2.24) is 19.6 Å². The van der Waals surface area contributed by atoms with E-state index in [-0.39, 0.29) is 5.91 Å². The van der Waals surface area contributed by atoms with E-state index in [0.717, 1.165) is 38.3 Å². The zero-order valence-electron chi connectivity index (χ0n) is 14.9. The standard InChI is InChI=1S/C20H26N4O/c1-16-8-9-21-24(16)15-20(25)23-12-10-22(11-13-23)19-7-6-17-4-2-3-5-18(17)14-19/h2-5,8-9,19H,6-7,10-15H2,1H3/t19-/m0/s1. The van der Waals surface area contributed by atoms with Gasteiger partial charge in [0, 0.05) is 44.1 Å². The van der Waals surface area contributed by atoms with Gasteiger partial charge in [-0.1, -0.05) is 24.3 Å². The third kappa shape index (κ3) is 3.47. The Morgan fingerprint density at radius 1 is 1.12 bits per heavy atom. The van der Waals surface area contributed by atoms with E-state index < -0.39 is 0 Å². The zero-order chi connectivity index (χ0) is 17.2. The highest BCUT2D eigenvalue weighted by atomic mass is 16.2. The van der Waals surface area contributed by atoms with Crippen LogP contribution < -0.4 is 0 Å². The molecule has 1 aliphatic carbocycles. The molecule has 2 aliphatic rings. The maximum atomic E-state index is 12.5. The molecule has 5 heteroatoms. The van der Waals surface area contributed by atoms with E-state index in [9.17, 15) is 4.79 Å². The second-order valence-corrected chi connectivity index (χ2v) is 7.21. The van der Waals surface area contributed by atoms with Crippen LogP contribution in [-0.2, 0) is 24.2 Å². The average Bonchev–Trinajstić information content (AvgIpc) is 3.06. The minimum atomic E-state index is 0.181. The molecule has 5 nitrogen and oxygen atoms in total. The van der Waals surface area contributed by atoms with Crippen molar-refractivity contribution >= 4 is 5.91 Å². The normalized spacial score (nSPS) is 21.2. The first kappa shape index (κ1) is 16.3. The van der Waals surface area contributed by atoms with E-state index in [0.29, 0.717) is 12.6 Å². The summed E-state index contributed by atoms with van der Waals surface area (Å²) >= 11 is 0. The molecule has 1 saturated heterocycles. The van der Waals surface area contributed by atoms with Crippen LogP contribution in [0, 0.1) is 6.92 Å². The number of amides is 1. The molecule has 0 spiro atoms. The molecule has 1 aliphatic heterocycles. The fraction of sp³-hybridized carbons (Fsp3) is 0.500. The van der Waals surface area contributed by atoms with E-state index >= 15 is 0 Å². The summed E-state index contributed by atoms with van der Waals surface area (Å²) in [6.45, 7) is 5.97. The highest BCUT2D eigenvalue weighted by Crippen LogP contribution is 2.25. The Bertz CT molecular complexity index is 746. The number of carbonyl (C=O) groups excluding carboxylic acids is 1. The fourth-order valence-corrected chi connectivity index (χ4v) is 4.12. The van der Waals surface area contributed by atoms with Crippen LogP contribution in [0.25, 0.3) is 0 Å². The number of hydrogen-bond donors (Lipinski definition) is 0. The number of carbonyl (C=O) groups is 1. The molecule has 132 valence electrons. The molecule has 1 atom stereocenters. The number of aryl methyl sites for hydroxylation is 2. The van der Waals surface area contributed by atoms with Gasteiger partial charge in [-0.2, -0.15) is 5.10 Å². The molecule has 25 heavy (non-hydrogen) atoms. The minimum Gasteiger partial charge on any atom is -0.339 e. The lowest BCUT2D eigenvalue weighted by Crippen LogP contribution is -2.53. The van der Waals surface area contributed by atoms with Crippen molar-refractivity contribution in [3.8, 4) is 0 Å². The number of rotatable bonds is 3. The number of nitrogens with zero attached hydrogens (tertiary/aromatic N) is 4. The monoisotopic (exact) mass is 338 g/mol. The van der Waals surface area contributed by atoms with Crippen LogP contribution in [0.4, 0.5) is 0 Å². The van der Waals surface area contributed by atoms with Gasteiger partial charge >= 0.3 is 0 Å². The molecule has 2 heterocycles. The maximum absolute atomic E-state index is 12.5. The second kappa shape index (κ2) is 7.00. The first-order chi connectivity index (χ1) is 12.2. The van der Waals surface area contributed by atoms with Crippen LogP contribution in [0.3, 0.4) is 0 Å². The highest BCUT2D eigenvalue weighted by molar-refractivity contribution is 5.76. The summed E-state index contributed by atoms with van der Waals surface area (Å²) in [7, 11) is 0. The quantitative estimate of drug-likeness (QED) is 0.858. The lowest BCUT2D eigenvalue weighted by Gasteiger charge is -2.41. The van der Waals surface area contributed by atoms with Gasteiger partial charge in [-0.3, -0.25) is 14.4 Å². The Morgan fingerprint density at radius 2 is 1.88 bits per heavy atom. The summed E-state index contributed by atoms with van der Waals surface area (Å²) in [6, 6.07) is 11.4. The second-order valence-electron chi connectivity index (χ2n) is 7.21. The molecule has 0 bridgehead atoms. The Morgan fingerprint density at radius 3 is 2.60 bits per heavy atom. The van der Waals surface area contributed by atoms with Crippen LogP contribution >= 0.6 is 0 Å². The molecule has 0 unspecified atom stereocenters. The van der Waals surface area contributed by atoms with Crippen LogP contribution in [0.2, 0.25) is 0 Å². The Labute approximate surface area is 149 Å². The Kier molecular flexibility index (Phi) is 4.57. The molecule has 0 radical (unpaired) electrons. The summed E-state index contributed by atoms with van der Waals surface area (Å²) < 4.78 is 1.78. The average molecular weight is 338 g/mol. The van der Waals surface area contributed by atoms with Gasteiger partial charge < -0.3 is 4.90 Å². The van der Waals surface area contributed by atoms with Gasteiger partial charge in [-0.05, 0) is 43.4 Å². The number of aromatic nitrogens is 2. The summed E-state index contributed by atoms with van der Waals surface area (Å²) in [5, 5.41) is 4.22. The highest BCUT2D eigenvalue weighted by Gasteiger charge is 2.28. The molecule has 0 saturated carbocycles. The number of hydrogen-bond acceptors (Lipinski definition) is 3. The lowest BCUT2D eigenvalue weighted by atomic mass is 9.87. The minimum absolute atomic E-state index is 0.181. The Hall–Kier alpha value is -2.14. The van der Waals surface area contributed by atoms with Crippen LogP contribution in [0.15, 0.2) is 36.5 Å². The topological polar surface area (TPSA) is 41.4 Å². The third-order valence-corrected chi connectivity index (χ3v) is 5.72.